The minimum atomic E-state index is -0.797. The fraction of sp³-hybridized carbons (Fsp3) is 0.467. The van der Waals surface area contributed by atoms with Crippen LogP contribution in [0.1, 0.15) is 63.1 Å². The third kappa shape index (κ3) is 5.96. The first-order chi connectivity index (χ1) is 18.5. The summed E-state index contributed by atoms with van der Waals surface area (Å²) in [7, 11) is 1.56. The molecule has 2 saturated heterocycles. The Morgan fingerprint density at radius 3 is 2.50 bits per heavy atom. The lowest BCUT2D eigenvalue weighted by atomic mass is 9.94. The van der Waals surface area contributed by atoms with E-state index in [4.69, 9.17) is 18.9 Å². The number of hydrogen-bond donors (Lipinski definition) is 1. The van der Waals surface area contributed by atoms with Crippen LogP contribution >= 0.6 is 0 Å². The lowest BCUT2D eigenvalue weighted by molar-refractivity contribution is -0.140. The molecule has 0 bridgehead atoms. The number of rotatable bonds is 12. The van der Waals surface area contributed by atoms with Crippen molar-refractivity contribution in [1.29, 1.82) is 0 Å². The molecule has 2 unspecified atom stereocenters. The first-order valence-electron chi connectivity index (χ1n) is 13.4. The molecule has 8 heteroatoms. The third-order valence-corrected chi connectivity index (χ3v) is 6.91. The molecule has 4 rings (SSSR count). The molecule has 8 nitrogen and oxygen atoms in total. The summed E-state index contributed by atoms with van der Waals surface area (Å²) in [6.45, 7) is 5.99. The summed E-state index contributed by atoms with van der Waals surface area (Å²) in [6.07, 6.45) is 4.65. The van der Waals surface area contributed by atoms with E-state index in [1.54, 1.807) is 43.5 Å². The Kier molecular flexibility index (Phi) is 9.29. The van der Waals surface area contributed by atoms with Gasteiger partial charge in [0.2, 0.25) is 0 Å². The van der Waals surface area contributed by atoms with Gasteiger partial charge in [-0.2, -0.15) is 0 Å². The highest BCUT2D eigenvalue weighted by Crippen LogP contribution is 2.42. The minimum absolute atomic E-state index is 0.0378. The number of benzene rings is 2. The quantitative estimate of drug-likeness (QED) is 0.175. The van der Waals surface area contributed by atoms with Crippen LogP contribution in [0.2, 0.25) is 0 Å². The molecule has 2 aromatic carbocycles. The molecular weight excluding hydrogens is 486 g/mol. The molecule has 2 heterocycles. The number of likely N-dealkylation sites (tertiary alicyclic amines) is 1. The lowest BCUT2D eigenvalue weighted by Crippen LogP contribution is -2.36. The van der Waals surface area contributed by atoms with E-state index in [-0.39, 0.29) is 24.0 Å². The van der Waals surface area contributed by atoms with E-state index in [1.165, 1.54) is 4.90 Å². The maximum atomic E-state index is 13.4. The van der Waals surface area contributed by atoms with Crippen LogP contribution in [0.25, 0.3) is 5.76 Å². The third-order valence-electron chi connectivity index (χ3n) is 6.91. The lowest BCUT2D eigenvalue weighted by Gasteiger charge is -2.28. The monoisotopic (exact) mass is 523 g/mol. The summed E-state index contributed by atoms with van der Waals surface area (Å²) < 4.78 is 22.8. The summed E-state index contributed by atoms with van der Waals surface area (Å²) in [5.41, 5.74) is 1.11. The highest BCUT2D eigenvalue weighted by molar-refractivity contribution is 6.46. The summed E-state index contributed by atoms with van der Waals surface area (Å²) >= 11 is 0. The molecule has 2 fully saturated rings. The number of methoxy groups -OCH3 is 1. The molecule has 0 aliphatic carbocycles. The van der Waals surface area contributed by atoms with Crippen molar-refractivity contribution in [3.8, 4) is 17.2 Å². The molecule has 0 aromatic heterocycles. The van der Waals surface area contributed by atoms with Crippen molar-refractivity contribution in [2.24, 2.45) is 0 Å². The Hall–Kier alpha value is -3.52. The molecule has 2 aliphatic heterocycles. The van der Waals surface area contributed by atoms with E-state index in [0.29, 0.717) is 48.2 Å². The van der Waals surface area contributed by atoms with Crippen LogP contribution in [0.4, 0.5) is 0 Å². The number of nitrogens with zero attached hydrogens (tertiary/aromatic N) is 1. The fourth-order valence-corrected chi connectivity index (χ4v) is 4.96. The molecule has 38 heavy (non-hydrogen) atoms. The second-order valence-corrected chi connectivity index (χ2v) is 9.51. The maximum Gasteiger partial charge on any atom is 0.295 e. The average molecular weight is 524 g/mol. The molecule has 1 amide bonds. The van der Waals surface area contributed by atoms with Crippen LogP contribution in [0.5, 0.6) is 17.2 Å². The van der Waals surface area contributed by atoms with Gasteiger partial charge in [-0.25, -0.2) is 0 Å². The maximum absolute atomic E-state index is 13.4. The van der Waals surface area contributed by atoms with E-state index in [0.717, 1.165) is 32.1 Å². The number of ether oxygens (including phenoxy) is 4. The van der Waals surface area contributed by atoms with Gasteiger partial charge >= 0.3 is 0 Å². The summed E-state index contributed by atoms with van der Waals surface area (Å²) in [5.74, 6) is 0.136. The Bertz CT molecular complexity index is 1150. The van der Waals surface area contributed by atoms with E-state index >= 15 is 0 Å². The van der Waals surface area contributed by atoms with Crippen molar-refractivity contribution in [3.05, 3.63) is 59.2 Å². The summed E-state index contributed by atoms with van der Waals surface area (Å²) in [4.78, 5) is 28.1. The predicted molar refractivity (Wildman–Crippen MR) is 144 cm³/mol. The van der Waals surface area contributed by atoms with Crippen molar-refractivity contribution in [2.75, 3.05) is 33.5 Å². The van der Waals surface area contributed by atoms with Crippen molar-refractivity contribution >= 4 is 17.4 Å². The molecule has 0 saturated carbocycles. The van der Waals surface area contributed by atoms with Gasteiger partial charge in [0, 0.05) is 18.7 Å². The number of unbranched alkanes of at least 4 members (excludes halogenated alkanes) is 2. The SMILES string of the molecule is CCCCCOc1ccc(C2/C(=C(\O)c3ccc(OCC)cc3)C(=O)C(=O)N2CC2CCCO2)cc1OC. The number of aliphatic hydroxyl groups is 1. The van der Waals surface area contributed by atoms with E-state index in [1.807, 2.05) is 13.0 Å². The van der Waals surface area contributed by atoms with Crippen LogP contribution in [-0.4, -0.2) is 61.3 Å². The van der Waals surface area contributed by atoms with Crippen LogP contribution in [0.15, 0.2) is 48.0 Å². The van der Waals surface area contributed by atoms with Crippen LogP contribution in [0, 0.1) is 0 Å². The minimum Gasteiger partial charge on any atom is -0.507 e. The number of aliphatic hydroxyl groups excluding tert-OH is 1. The topological polar surface area (TPSA) is 94.5 Å². The highest BCUT2D eigenvalue weighted by atomic mass is 16.5. The second kappa shape index (κ2) is 12.8. The van der Waals surface area contributed by atoms with E-state index in [2.05, 4.69) is 6.92 Å². The van der Waals surface area contributed by atoms with Gasteiger partial charge in [0.05, 0.1) is 38.0 Å². The number of amides is 1. The van der Waals surface area contributed by atoms with Gasteiger partial charge in [0.25, 0.3) is 11.7 Å². The summed E-state index contributed by atoms with van der Waals surface area (Å²) in [5, 5.41) is 11.3. The summed E-state index contributed by atoms with van der Waals surface area (Å²) in [6, 6.07) is 11.4. The smallest absolute Gasteiger partial charge is 0.295 e. The first kappa shape index (κ1) is 27.5. The molecule has 2 atom stereocenters. The van der Waals surface area contributed by atoms with Gasteiger partial charge in [-0.1, -0.05) is 25.8 Å². The van der Waals surface area contributed by atoms with Crippen molar-refractivity contribution in [3.63, 3.8) is 0 Å². The number of carbonyl (C=O) groups is 2. The molecule has 0 radical (unpaired) electrons. The zero-order valence-corrected chi connectivity index (χ0v) is 22.4. The molecule has 2 aliphatic rings. The molecule has 2 aromatic rings. The van der Waals surface area contributed by atoms with Gasteiger partial charge in [-0.3, -0.25) is 9.59 Å². The molecule has 0 spiro atoms. The second-order valence-electron chi connectivity index (χ2n) is 9.51. The number of Topliss-reactive ketones (excluding diaryl/α,β-unsaturated/α-hetero) is 1. The van der Waals surface area contributed by atoms with E-state index in [9.17, 15) is 14.7 Å². The van der Waals surface area contributed by atoms with Crippen molar-refractivity contribution in [1.82, 2.24) is 4.90 Å². The number of hydrogen-bond acceptors (Lipinski definition) is 7. The van der Waals surface area contributed by atoms with Gasteiger partial charge in [0.1, 0.15) is 11.5 Å². The Labute approximate surface area is 224 Å². The highest BCUT2D eigenvalue weighted by Gasteiger charge is 2.47. The van der Waals surface area contributed by atoms with Gasteiger partial charge < -0.3 is 29.0 Å². The zero-order valence-electron chi connectivity index (χ0n) is 22.4. The fourth-order valence-electron chi connectivity index (χ4n) is 4.96. The Balaban J connectivity index is 1.74. The molecular formula is C30H37NO7. The Morgan fingerprint density at radius 1 is 1.05 bits per heavy atom. The first-order valence-corrected chi connectivity index (χ1v) is 13.4. The number of carbonyl (C=O) groups excluding carboxylic acids is 2. The van der Waals surface area contributed by atoms with Gasteiger partial charge in [-0.05, 0) is 68.1 Å². The van der Waals surface area contributed by atoms with Crippen LogP contribution < -0.4 is 14.2 Å². The van der Waals surface area contributed by atoms with Gasteiger partial charge in [0.15, 0.2) is 11.5 Å². The van der Waals surface area contributed by atoms with Crippen molar-refractivity contribution in [2.45, 2.75) is 58.1 Å². The average Bonchev–Trinajstić information content (AvgIpc) is 3.54. The number of ketones is 1. The zero-order chi connectivity index (χ0) is 27.1. The standard InChI is InChI=1S/C30H37NO7/c1-4-6-7-16-38-24-15-12-21(18-25(24)35-3)27-26(28(32)20-10-13-22(14-11-20)36-5-2)29(33)30(34)31(27)19-23-9-8-17-37-23/h10-15,18,23,27,32H,4-9,16-17,19H2,1-3H3/b28-26+. The van der Waals surface area contributed by atoms with Crippen LogP contribution in [0.3, 0.4) is 0 Å². The van der Waals surface area contributed by atoms with Crippen molar-refractivity contribution < 1.29 is 33.6 Å². The largest absolute Gasteiger partial charge is 0.507 e. The van der Waals surface area contributed by atoms with Crippen LogP contribution in [-0.2, 0) is 14.3 Å². The van der Waals surface area contributed by atoms with Gasteiger partial charge in [-0.15, -0.1) is 0 Å². The molecule has 1 N–H and O–H groups in total. The normalized spacial score (nSPS) is 20.7. The Morgan fingerprint density at radius 2 is 1.84 bits per heavy atom. The predicted octanol–water partition coefficient (Wildman–Crippen LogP) is 5.26. The van der Waals surface area contributed by atoms with E-state index < -0.39 is 17.7 Å². The molecule has 204 valence electrons.